The summed E-state index contributed by atoms with van der Waals surface area (Å²) in [4.78, 5) is 2.43. The summed E-state index contributed by atoms with van der Waals surface area (Å²) in [5.41, 5.74) is 0.989. The van der Waals surface area contributed by atoms with E-state index in [2.05, 4.69) is 35.3 Å². The molecule has 0 aromatic carbocycles. The van der Waals surface area contributed by atoms with Crippen molar-refractivity contribution in [1.82, 2.24) is 15.4 Å². The average Bonchev–Trinajstić information content (AvgIpc) is 3.16. The molecule has 5 nitrogen and oxygen atoms in total. The van der Waals surface area contributed by atoms with Gasteiger partial charge in [0.25, 0.3) is 0 Å². The highest BCUT2D eigenvalue weighted by Gasteiger charge is 2.29. The van der Waals surface area contributed by atoms with Gasteiger partial charge in [0.1, 0.15) is 0 Å². The van der Waals surface area contributed by atoms with Gasteiger partial charge in [-0.05, 0) is 25.3 Å². The van der Waals surface area contributed by atoms with Gasteiger partial charge in [-0.3, -0.25) is 4.90 Å². The smallest absolute Gasteiger partial charge is 0.151 e. The molecule has 1 heterocycles. The van der Waals surface area contributed by atoms with E-state index in [0.29, 0.717) is 12.0 Å². The van der Waals surface area contributed by atoms with Crippen molar-refractivity contribution in [3.8, 4) is 0 Å². The van der Waals surface area contributed by atoms with Crippen LogP contribution in [0.25, 0.3) is 0 Å². The van der Waals surface area contributed by atoms with Crippen molar-refractivity contribution in [3.63, 3.8) is 0 Å². The SMILES string of the molecule is COCCN(Cc1cc(CNCC(C)C)no1)C1CC1. The molecule has 20 heavy (non-hydrogen) atoms. The Balaban J connectivity index is 1.78. The van der Waals surface area contributed by atoms with Crippen molar-refractivity contribution in [2.45, 2.75) is 45.8 Å². The maximum absolute atomic E-state index is 5.44. The lowest BCUT2D eigenvalue weighted by Gasteiger charge is -2.19. The summed E-state index contributed by atoms with van der Waals surface area (Å²) in [7, 11) is 1.75. The predicted molar refractivity (Wildman–Crippen MR) is 78.4 cm³/mol. The van der Waals surface area contributed by atoms with E-state index in [1.165, 1.54) is 12.8 Å². The van der Waals surface area contributed by atoms with Gasteiger partial charge in [-0.25, -0.2) is 0 Å². The number of aromatic nitrogens is 1. The molecule has 0 amide bonds. The van der Waals surface area contributed by atoms with E-state index in [1.807, 2.05) is 0 Å². The zero-order valence-electron chi connectivity index (χ0n) is 12.9. The van der Waals surface area contributed by atoms with Gasteiger partial charge in [-0.15, -0.1) is 0 Å². The minimum Gasteiger partial charge on any atom is -0.383 e. The maximum atomic E-state index is 5.44. The predicted octanol–water partition coefficient (Wildman–Crippen LogP) is 2.03. The molecule has 1 fully saturated rings. The van der Waals surface area contributed by atoms with Crippen molar-refractivity contribution in [1.29, 1.82) is 0 Å². The molecule has 1 aliphatic carbocycles. The van der Waals surface area contributed by atoms with Crippen LogP contribution in [-0.4, -0.2) is 42.9 Å². The standard InChI is InChI=1S/C15H27N3O2/c1-12(2)9-16-10-13-8-15(20-17-13)11-18(6-7-19-3)14-4-5-14/h8,12,14,16H,4-7,9-11H2,1-3H3. The Morgan fingerprint density at radius 2 is 2.30 bits per heavy atom. The molecule has 1 aromatic rings. The number of nitrogens with zero attached hydrogens (tertiary/aromatic N) is 2. The quantitative estimate of drug-likeness (QED) is 0.711. The summed E-state index contributed by atoms with van der Waals surface area (Å²) < 4.78 is 10.6. The number of hydrogen-bond donors (Lipinski definition) is 1. The molecule has 1 aliphatic rings. The van der Waals surface area contributed by atoms with Crippen LogP contribution >= 0.6 is 0 Å². The third-order valence-electron chi connectivity index (χ3n) is 3.47. The lowest BCUT2D eigenvalue weighted by molar-refractivity contribution is 0.132. The third kappa shape index (κ3) is 5.23. The van der Waals surface area contributed by atoms with Crippen molar-refractivity contribution in [2.24, 2.45) is 5.92 Å². The van der Waals surface area contributed by atoms with Gasteiger partial charge in [0.15, 0.2) is 5.76 Å². The topological polar surface area (TPSA) is 50.5 Å². The zero-order valence-corrected chi connectivity index (χ0v) is 12.9. The summed E-state index contributed by atoms with van der Waals surface area (Å²) in [5.74, 6) is 1.61. The molecule has 1 aromatic heterocycles. The Labute approximate surface area is 121 Å². The Morgan fingerprint density at radius 1 is 1.50 bits per heavy atom. The number of nitrogens with one attached hydrogen (secondary N) is 1. The molecular formula is C15H27N3O2. The summed E-state index contributed by atoms with van der Waals surface area (Å²) >= 11 is 0. The van der Waals surface area contributed by atoms with Crippen molar-refractivity contribution in [2.75, 3.05) is 26.8 Å². The van der Waals surface area contributed by atoms with Crippen LogP contribution in [0.2, 0.25) is 0 Å². The van der Waals surface area contributed by atoms with Crippen LogP contribution in [-0.2, 0) is 17.8 Å². The minimum absolute atomic E-state index is 0.653. The Hall–Kier alpha value is -0.910. The van der Waals surface area contributed by atoms with Gasteiger partial charge in [-0.2, -0.15) is 0 Å². The van der Waals surface area contributed by atoms with Crippen LogP contribution in [0, 0.1) is 5.92 Å². The first-order valence-corrected chi connectivity index (χ1v) is 7.57. The van der Waals surface area contributed by atoms with E-state index in [1.54, 1.807) is 7.11 Å². The molecule has 2 rings (SSSR count). The average molecular weight is 281 g/mol. The zero-order chi connectivity index (χ0) is 14.4. The van der Waals surface area contributed by atoms with Gasteiger partial charge in [-0.1, -0.05) is 19.0 Å². The second-order valence-electron chi connectivity index (χ2n) is 6.00. The number of rotatable bonds is 10. The van der Waals surface area contributed by atoms with Crippen LogP contribution in [0.5, 0.6) is 0 Å². The van der Waals surface area contributed by atoms with E-state index >= 15 is 0 Å². The fourth-order valence-electron chi connectivity index (χ4n) is 2.24. The van der Waals surface area contributed by atoms with E-state index < -0.39 is 0 Å². The van der Waals surface area contributed by atoms with Gasteiger partial charge in [0.05, 0.1) is 18.8 Å². The molecule has 5 heteroatoms. The Kier molecular flexibility index (Phi) is 6.01. The fraction of sp³-hybridized carbons (Fsp3) is 0.800. The molecule has 0 saturated heterocycles. The normalized spacial score (nSPS) is 15.4. The highest BCUT2D eigenvalue weighted by atomic mass is 16.5. The number of ether oxygens (including phenoxy) is 1. The van der Waals surface area contributed by atoms with Gasteiger partial charge < -0.3 is 14.6 Å². The second-order valence-corrected chi connectivity index (χ2v) is 6.00. The van der Waals surface area contributed by atoms with Crippen molar-refractivity contribution >= 4 is 0 Å². The first-order chi connectivity index (χ1) is 9.69. The Morgan fingerprint density at radius 3 is 2.95 bits per heavy atom. The molecule has 0 bridgehead atoms. The minimum atomic E-state index is 0.653. The number of hydrogen-bond acceptors (Lipinski definition) is 5. The molecular weight excluding hydrogens is 254 g/mol. The Bertz CT molecular complexity index is 388. The summed E-state index contributed by atoms with van der Waals surface area (Å²) in [6.07, 6.45) is 2.58. The lowest BCUT2D eigenvalue weighted by Crippen LogP contribution is -2.28. The number of methoxy groups -OCH3 is 1. The fourth-order valence-corrected chi connectivity index (χ4v) is 2.24. The van der Waals surface area contributed by atoms with Gasteiger partial charge in [0, 0.05) is 32.3 Å². The van der Waals surface area contributed by atoms with Crippen molar-refractivity contribution < 1.29 is 9.26 Å². The highest BCUT2D eigenvalue weighted by molar-refractivity contribution is 5.06. The van der Waals surface area contributed by atoms with E-state index in [-0.39, 0.29) is 0 Å². The molecule has 0 atom stereocenters. The molecule has 1 N–H and O–H groups in total. The monoisotopic (exact) mass is 281 g/mol. The van der Waals surface area contributed by atoms with Crippen LogP contribution in [0.15, 0.2) is 10.6 Å². The second kappa shape index (κ2) is 7.76. The largest absolute Gasteiger partial charge is 0.383 e. The van der Waals surface area contributed by atoms with Gasteiger partial charge >= 0.3 is 0 Å². The van der Waals surface area contributed by atoms with E-state index in [4.69, 9.17) is 9.26 Å². The van der Waals surface area contributed by atoms with Crippen molar-refractivity contribution in [3.05, 3.63) is 17.5 Å². The van der Waals surface area contributed by atoms with Crippen LogP contribution in [0.4, 0.5) is 0 Å². The molecule has 0 radical (unpaired) electrons. The molecule has 0 unspecified atom stereocenters. The van der Waals surface area contributed by atoms with Gasteiger partial charge in [0.2, 0.25) is 0 Å². The van der Waals surface area contributed by atoms with E-state index in [9.17, 15) is 0 Å². The first kappa shape index (κ1) is 15.5. The van der Waals surface area contributed by atoms with Crippen LogP contribution in [0.3, 0.4) is 0 Å². The molecule has 1 saturated carbocycles. The maximum Gasteiger partial charge on any atom is 0.151 e. The molecule has 0 spiro atoms. The molecule has 0 aliphatic heterocycles. The van der Waals surface area contributed by atoms with E-state index in [0.717, 1.165) is 44.2 Å². The highest BCUT2D eigenvalue weighted by Crippen LogP contribution is 2.28. The van der Waals surface area contributed by atoms with Crippen LogP contribution < -0.4 is 5.32 Å². The first-order valence-electron chi connectivity index (χ1n) is 7.57. The third-order valence-corrected chi connectivity index (χ3v) is 3.47. The van der Waals surface area contributed by atoms with Crippen LogP contribution in [0.1, 0.15) is 38.1 Å². The lowest BCUT2D eigenvalue weighted by atomic mass is 10.2. The summed E-state index contributed by atoms with van der Waals surface area (Å²) in [6, 6.07) is 2.77. The summed E-state index contributed by atoms with van der Waals surface area (Å²) in [5, 5.41) is 7.51. The molecule has 114 valence electrons. The summed E-state index contributed by atoms with van der Waals surface area (Å²) in [6.45, 7) is 8.75.